The van der Waals surface area contributed by atoms with Crippen molar-refractivity contribution in [3.63, 3.8) is 0 Å². The van der Waals surface area contributed by atoms with Crippen molar-refractivity contribution in [3.05, 3.63) is 84.9 Å². The van der Waals surface area contributed by atoms with E-state index >= 15 is 0 Å². The van der Waals surface area contributed by atoms with Gasteiger partial charge in [-0.25, -0.2) is 4.98 Å². The number of ether oxygens (including phenoxy) is 2. The van der Waals surface area contributed by atoms with Gasteiger partial charge in [-0.15, -0.1) is 0 Å². The predicted molar refractivity (Wildman–Crippen MR) is 118 cm³/mol. The van der Waals surface area contributed by atoms with Gasteiger partial charge in [-0.3, -0.25) is 0 Å². The Bertz CT molecular complexity index is 1170. The van der Waals surface area contributed by atoms with Gasteiger partial charge in [-0.05, 0) is 24.3 Å². The Labute approximate surface area is 174 Å². The molecule has 3 aromatic carbocycles. The van der Waals surface area contributed by atoms with Gasteiger partial charge in [0.1, 0.15) is 5.82 Å². The average Bonchev–Trinajstić information content (AvgIpc) is 3.27. The average molecular weight is 396 g/mol. The van der Waals surface area contributed by atoms with Crippen molar-refractivity contribution in [2.75, 3.05) is 24.1 Å². The van der Waals surface area contributed by atoms with Gasteiger partial charge in [0.25, 0.3) is 0 Å². The SMILES string of the molecule is CN(c1ccccc1)c1nc(Nc2ccc3c(c2)OCO3)cc(-c2ccccc2)n1. The zero-order valence-corrected chi connectivity index (χ0v) is 16.4. The minimum Gasteiger partial charge on any atom is -0.454 e. The Hall–Kier alpha value is -4.06. The van der Waals surface area contributed by atoms with Gasteiger partial charge >= 0.3 is 0 Å². The van der Waals surface area contributed by atoms with Crippen molar-refractivity contribution in [1.29, 1.82) is 0 Å². The van der Waals surface area contributed by atoms with Gasteiger partial charge in [0.05, 0.1) is 5.69 Å². The van der Waals surface area contributed by atoms with Crippen molar-refractivity contribution in [2.45, 2.75) is 0 Å². The second-order valence-electron chi connectivity index (χ2n) is 6.89. The number of hydrogen-bond donors (Lipinski definition) is 1. The predicted octanol–water partition coefficient (Wildman–Crippen LogP) is 5.38. The molecule has 0 radical (unpaired) electrons. The molecule has 0 fully saturated rings. The second-order valence-corrected chi connectivity index (χ2v) is 6.89. The molecule has 30 heavy (non-hydrogen) atoms. The zero-order valence-electron chi connectivity index (χ0n) is 16.4. The second kappa shape index (κ2) is 7.75. The van der Waals surface area contributed by atoms with Gasteiger partial charge in [0.2, 0.25) is 12.7 Å². The van der Waals surface area contributed by atoms with Crippen molar-refractivity contribution >= 4 is 23.1 Å². The molecule has 6 nitrogen and oxygen atoms in total. The molecule has 6 heteroatoms. The molecule has 1 N–H and O–H groups in total. The molecule has 0 saturated heterocycles. The number of para-hydroxylation sites is 1. The molecule has 0 aliphatic carbocycles. The molecule has 0 spiro atoms. The van der Waals surface area contributed by atoms with E-state index in [1.165, 1.54) is 0 Å². The highest BCUT2D eigenvalue weighted by atomic mass is 16.7. The number of rotatable bonds is 5. The summed E-state index contributed by atoms with van der Waals surface area (Å²) in [6, 6.07) is 27.8. The van der Waals surface area contributed by atoms with E-state index in [1.807, 2.05) is 96.9 Å². The molecule has 0 atom stereocenters. The van der Waals surface area contributed by atoms with E-state index in [9.17, 15) is 0 Å². The Morgan fingerprint density at radius 1 is 0.800 bits per heavy atom. The van der Waals surface area contributed by atoms with Crippen molar-refractivity contribution in [3.8, 4) is 22.8 Å². The Balaban J connectivity index is 1.54. The standard InChI is InChI=1S/C24H20N4O2/c1-28(19-10-6-3-7-11-19)24-26-20(17-8-4-2-5-9-17)15-23(27-24)25-18-12-13-21-22(14-18)30-16-29-21/h2-15H,16H2,1H3,(H,25,26,27). The highest BCUT2D eigenvalue weighted by Gasteiger charge is 2.15. The maximum absolute atomic E-state index is 5.49. The Morgan fingerprint density at radius 3 is 2.33 bits per heavy atom. The summed E-state index contributed by atoms with van der Waals surface area (Å²) in [5.41, 5.74) is 3.74. The minimum absolute atomic E-state index is 0.246. The summed E-state index contributed by atoms with van der Waals surface area (Å²) in [6.45, 7) is 0.246. The van der Waals surface area contributed by atoms with Gasteiger partial charge in [0, 0.05) is 36.1 Å². The van der Waals surface area contributed by atoms with Crippen molar-refractivity contribution < 1.29 is 9.47 Å². The van der Waals surface area contributed by atoms with Crippen LogP contribution in [-0.2, 0) is 0 Å². The third kappa shape index (κ3) is 3.63. The van der Waals surface area contributed by atoms with Crippen LogP contribution in [0, 0.1) is 0 Å². The molecule has 1 aliphatic heterocycles. The van der Waals surface area contributed by atoms with E-state index in [0.717, 1.165) is 34.1 Å². The Morgan fingerprint density at radius 2 is 1.53 bits per heavy atom. The summed E-state index contributed by atoms with van der Waals surface area (Å²) in [5, 5.41) is 3.38. The van der Waals surface area contributed by atoms with E-state index in [4.69, 9.17) is 19.4 Å². The summed E-state index contributed by atoms with van der Waals surface area (Å²) < 4.78 is 10.9. The minimum atomic E-state index is 0.246. The van der Waals surface area contributed by atoms with E-state index in [1.54, 1.807) is 0 Å². The first-order valence-electron chi connectivity index (χ1n) is 9.66. The summed E-state index contributed by atoms with van der Waals surface area (Å²) in [6.07, 6.45) is 0. The van der Waals surface area contributed by atoms with E-state index in [0.29, 0.717) is 11.8 Å². The van der Waals surface area contributed by atoms with Crippen LogP contribution in [0.4, 0.5) is 23.1 Å². The molecule has 0 saturated carbocycles. The van der Waals surface area contributed by atoms with E-state index in [-0.39, 0.29) is 6.79 Å². The van der Waals surface area contributed by atoms with Crippen LogP contribution in [0.3, 0.4) is 0 Å². The largest absolute Gasteiger partial charge is 0.454 e. The van der Waals surface area contributed by atoms with E-state index < -0.39 is 0 Å². The quantitative estimate of drug-likeness (QED) is 0.488. The molecule has 2 heterocycles. The van der Waals surface area contributed by atoms with Crippen LogP contribution in [-0.4, -0.2) is 23.8 Å². The summed E-state index contributed by atoms with van der Waals surface area (Å²) in [5.74, 6) is 2.77. The fourth-order valence-corrected chi connectivity index (χ4v) is 3.29. The van der Waals surface area contributed by atoms with Crippen LogP contribution in [0.2, 0.25) is 0 Å². The first-order chi connectivity index (χ1) is 14.8. The molecular formula is C24H20N4O2. The normalized spacial score (nSPS) is 11.9. The number of aromatic nitrogens is 2. The fraction of sp³-hybridized carbons (Fsp3) is 0.0833. The lowest BCUT2D eigenvalue weighted by Crippen LogP contribution is -2.14. The number of anilines is 4. The fourth-order valence-electron chi connectivity index (χ4n) is 3.29. The smallest absolute Gasteiger partial charge is 0.232 e. The van der Waals surface area contributed by atoms with Crippen LogP contribution >= 0.6 is 0 Å². The summed E-state index contributed by atoms with van der Waals surface area (Å²) in [4.78, 5) is 11.5. The number of nitrogens with zero attached hydrogens (tertiary/aromatic N) is 3. The van der Waals surface area contributed by atoms with E-state index in [2.05, 4.69) is 5.32 Å². The molecule has 0 bridgehead atoms. The van der Waals surface area contributed by atoms with Crippen LogP contribution < -0.4 is 19.7 Å². The highest BCUT2D eigenvalue weighted by molar-refractivity contribution is 5.70. The van der Waals surface area contributed by atoms with Crippen LogP contribution in [0.5, 0.6) is 11.5 Å². The lowest BCUT2D eigenvalue weighted by Gasteiger charge is -2.19. The molecule has 0 unspecified atom stereocenters. The van der Waals surface area contributed by atoms with Crippen LogP contribution in [0.25, 0.3) is 11.3 Å². The molecule has 5 rings (SSSR count). The molecule has 1 aromatic heterocycles. The van der Waals surface area contributed by atoms with Gasteiger partial charge in [-0.1, -0.05) is 48.5 Å². The third-order valence-corrected chi connectivity index (χ3v) is 4.87. The lowest BCUT2D eigenvalue weighted by atomic mass is 10.1. The highest BCUT2D eigenvalue weighted by Crippen LogP contribution is 2.35. The number of benzene rings is 3. The molecule has 148 valence electrons. The molecule has 0 amide bonds. The molecule has 4 aromatic rings. The first kappa shape index (κ1) is 18.0. The Kier molecular flexibility index (Phi) is 4.65. The lowest BCUT2D eigenvalue weighted by molar-refractivity contribution is 0.174. The summed E-state index contributed by atoms with van der Waals surface area (Å²) in [7, 11) is 1.96. The van der Waals surface area contributed by atoms with Gasteiger partial charge in [0.15, 0.2) is 11.5 Å². The monoisotopic (exact) mass is 396 g/mol. The maximum Gasteiger partial charge on any atom is 0.232 e. The molecular weight excluding hydrogens is 376 g/mol. The molecule has 1 aliphatic rings. The van der Waals surface area contributed by atoms with Gasteiger partial charge in [-0.2, -0.15) is 4.98 Å². The number of fused-ring (bicyclic) bond motifs is 1. The summed E-state index contributed by atoms with van der Waals surface area (Å²) >= 11 is 0. The van der Waals surface area contributed by atoms with Crippen LogP contribution in [0.1, 0.15) is 0 Å². The first-order valence-corrected chi connectivity index (χ1v) is 9.66. The topological polar surface area (TPSA) is 59.5 Å². The third-order valence-electron chi connectivity index (χ3n) is 4.87. The van der Waals surface area contributed by atoms with Crippen molar-refractivity contribution in [2.24, 2.45) is 0 Å². The van der Waals surface area contributed by atoms with Crippen molar-refractivity contribution in [1.82, 2.24) is 9.97 Å². The maximum atomic E-state index is 5.49. The number of nitrogens with one attached hydrogen (secondary N) is 1. The van der Waals surface area contributed by atoms with Gasteiger partial charge < -0.3 is 19.7 Å². The number of hydrogen-bond acceptors (Lipinski definition) is 6. The van der Waals surface area contributed by atoms with Crippen LogP contribution in [0.15, 0.2) is 84.9 Å². The zero-order chi connectivity index (χ0) is 20.3.